The van der Waals surface area contributed by atoms with Gasteiger partial charge in [-0.2, -0.15) is 0 Å². The van der Waals surface area contributed by atoms with Crippen molar-refractivity contribution in [2.75, 3.05) is 18.4 Å². The van der Waals surface area contributed by atoms with E-state index >= 15 is 0 Å². The van der Waals surface area contributed by atoms with Gasteiger partial charge in [-0.3, -0.25) is 4.79 Å². The molecule has 0 aromatic heterocycles. The lowest BCUT2D eigenvalue weighted by Crippen LogP contribution is -2.33. The van der Waals surface area contributed by atoms with Crippen LogP contribution in [0, 0.1) is 0 Å². The molecule has 1 aromatic rings. The van der Waals surface area contributed by atoms with Gasteiger partial charge in [0.1, 0.15) is 0 Å². The molecule has 0 unspecified atom stereocenters. The Morgan fingerprint density at radius 3 is 2.82 bits per heavy atom. The number of rotatable bonds is 6. The molecule has 0 aliphatic carbocycles. The van der Waals surface area contributed by atoms with Gasteiger partial charge in [0.25, 0.3) is 0 Å². The fourth-order valence-corrected chi connectivity index (χ4v) is 2.11. The Morgan fingerprint density at radius 2 is 2.24 bits per heavy atom. The number of hydrogen-bond donors (Lipinski definition) is 0. The zero-order valence-corrected chi connectivity index (χ0v) is 12.3. The van der Waals surface area contributed by atoms with E-state index in [1.807, 2.05) is 36.1 Å². The third-order valence-electron chi connectivity index (χ3n) is 2.54. The normalized spacial score (nSPS) is 10.3. The lowest BCUT2D eigenvalue weighted by Gasteiger charge is -2.20. The maximum absolute atomic E-state index is 12.0. The van der Waals surface area contributed by atoms with Crippen molar-refractivity contribution in [1.29, 1.82) is 0 Å². The highest BCUT2D eigenvalue weighted by Crippen LogP contribution is 2.12. The van der Waals surface area contributed by atoms with Crippen LogP contribution < -0.4 is 0 Å². The molecule has 0 bridgehead atoms. The molecule has 0 aliphatic heterocycles. The molecule has 0 N–H and O–H groups in total. The monoisotopic (exact) mass is 317 g/mol. The van der Waals surface area contributed by atoms with Crippen LogP contribution in [0.1, 0.15) is 18.9 Å². The smallest absolute Gasteiger partial charge is 0.226 e. The number of nitrogens with zero attached hydrogens (tertiary/aromatic N) is 1. The Morgan fingerprint density at radius 1 is 1.47 bits per heavy atom. The molecule has 1 aromatic carbocycles. The van der Waals surface area contributed by atoms with Gasteiger partial charge in [0.05, 0.1) is 6.42 Å². The van der Waals surface area contributed by atoms with Crippen molar-refractivity contribution in [3.63, 3.8) is 0 Å². The van der Waals surface area contributed by atoms with E-state index in [9.17, 15) is 4.79 Å². The van der Waals surface area contributed by atoms with E-state index in [1.165, 1.54) is 0 Å². The maximum atomic E-state index is 12.0. The lowest BCUT2D eigenvalue weighted by atomic mass is 10.1. The summed E-state index contributed by atoms with van der Waals surface area (Å²) in [6.45, 7) is 3.57. The number of amides is 1. The first-order valence-electron chi connectivity index (χ1n) is 5.75. The van der Waals surface area contributed by atoms with E-state index in [0.717, 1.165) is 30.4 Å². The number of likely N-dealkylation sites (N-methyl/N-ethyl adjacent to an activating group) is 1. The van der Waals surface area contributed by atoms with Gasteiger partial charge in [-0.15, -0.1) is 0 Å². The van der Waals surface area contributed by atoms with Crippen LogP contribution in [0.4, 0.5) is 0 Å². The second kappa shape index (κ2) is 7.72. The van der Waals surface area contributed by atoms with Gasteiger partial charge in [0, 0.05) is 23.4 Å². The average Bonchev–Trinajstić information content (AvgIpc) is 2.30. The van der Waals surface area contributed by atoms with Crippen LogP contribution in [0.5, 0.6) is 0 Å². The number of halogens is 2. The molecule has 0 fully saturated rings. The summed E-state index contributed by atoms with van der Waals surface area (Å²) in [5.41, 5.74) is 0.972. The maximum Gasteiger partial charge on any atom is 0.226 e. The Balaban J connectivity index is 2.57. The van der Waals surface area contributed by atoms with Crippen LogP contribution in [0.3, 0.4) is 0 Å². The SMILES string of the molecule is CCN(CCCBr)C(=O)Cc1cccc(Cl)c1. The van der Waals surface area contributed by atoms with Crippen LogP contribution in [0.15, 0.2) is 24.3 Å². The molecule has 0 atom stereocenters. The van der Waals surface area contributed by atoms with Crippen molar-refractivity contribution in [3.8, 4) is 0 Å². The molecule has 17 heavy (non-hydrogen) atoms. The summed E-state index contributed by atoms with van der Waals surface area (Å²) in [5, 5.41) is 1.60. The first kappa shape index (κ1) is 14.5. The molecule has 94 valence electrons. The van der Waals surface area contributed by atoms with E-state index in [2.05, 4.69) is 15.9 Å². The largest absolute Gasteiger partial charge is 0.343 e. The summed E-state index contributed by atoms with van der Waals surface area (Å²) >= 11 is 9.27. The molecular formula is C13H17BrClNO. The molecule has 0 heterocycles. The van der Waals surface area contributed by atoms with Crippen LogP contribution in [0.25, 0.3) is 0 Å². The van der Waals surface area contributed by atoms with Gasteiger partial charge < -0.3 is 4.90 Å². The van der Waals surface area contributed by atoms with Crippen molar-refractivity contribution in [1.82, 2.24) is 4.90 Å². The fraction of sp³-hybridized carbons (Fsp3) is 0.462. The predicted molar refractivity (Wildman–Crippen MR) is 75.8 cm³/mol. The zero-order chi connectivity index (χ0) is 12.7. The molecule has 0 aliphatic rings. The Hall–Kier alpha value is -0.540. The summed E-state index contributed by atoms with van der Waals surface area (Å²) in [4.78, 5) is 13.9. The quantitative estimate of drug-likeness (QED) is 0.735. The van der Waals surface area contributed by atoms with E-state index in [-0.39, 0.29) is 5.91 Å². The van der Waals surface area contributed by atoms with E-state index in [0.29, 0.717) is 11.4 Å². The van der Waals surface area contributed by atoms with Gasteiger partial charge in [-0.25, -0.2) is 0 Å². The Kier molecular flexibility index (Phi) is 6.60. The molecule has 0 spiro atoms. The number of hydrogen-bond acceptors (Lipinski definition) is 1. The lowest BCUT2D eigenvalue weighted by molar-refractivity contribution is -0.130. The van der Waals surface area contributed by atoms with Crippen LogP contribution in [0.2, 0.25) is 5.02 Å². The summed E-state index contributed by atoms with van der Waals surface area (Å²) in [6.07, 6.45) is 1.41. The Labute approximate surface area is 116 Å². The molecule has 0 radical (unpaired) electrons. The van der Waals surface area contributed by atoms with Crippen LogP contribution >= 0.6 is 27.5 Å². The van der Waals surface area contributed by atoms with Gasteiger partial charge >= 0.3 is 0 Å². The van der Waals surface area contributed by atoms with Crippen molar-refractivity contribution in [3.05, 3.63) is 34.9 Å². The number of carbonyl (C=O) groups is 1. The molecule has 1 rings (SSSR count). The second-order valence-corrected chi connectivity index (χ2v) is 5.05. The third-order valence-corrected chi connectivity index (χ3v) is 3.34. The highest BCUT2D eigenvalue weighted by atomic mass is 79.9. The fourth-order valence-electron chi connectivity index (χ4n) is 1.64. The Bertz CT molecular complexity index is 370. The highest BCUT2D eigenvalue weighted by molar-refractivity contribution is 9.09. The number of benzene rings is 1. The highest BCUT2D eigenvalue weighted by Gasteiger charge is 2.11. The standard InChI is InChI=1S/C13H17BrClNO/c1-2-16(8-4-7-14)13(17)10-11-5-3-6-12(15)9-11/h3,5-6,9H,2,4,7-8,10H2,1H3. The molecule has 0 saturated carbocycles. The van der Waals surface area contributed by atoms with Crippen molar-refractivity contribution < 1.29 is 4.79 Å². The minimum Gasteiger partial charge on any atom is -0.343 e. The molecule has 1 amide bonds. The summed E-state index contributed by atoms with van der Waals surface area (Å²) in [7, 11) is 0. The first-order valence-corrected chi connectivity index (χ1v) is 7.25. The third kappa shape index (κ3) is 5.09. The predicted octanol–water partition coefficient (Wildman–Crippen LogP) is 3.52. The topological polar surface area (TPSA) is 20.3 Å². The van der Waals surface area contributed by atoms with Crippen molar-refractivity contribution >= 4 is 33.4 Å². The number of carbonyl (C=O) groups excluding carboxylic acids is 1. The second-order valence-electron chi connectivity index (χ2n) is 3.82. The molecule has 0 saturated heterocycles. The van der Waals surface area contributed by atoms with E-state index < -0.39 is 0 Å². The minimum absolute atomic E-state index is 0.163. The number of alkyl halides is 1. The van der Waals surface area contributed by atoms with Crippen molar-refractivity contribution in [2.24, 2.45) is 0 Å². The summed E-state index contributed by atoms with van der Waals surface area (Å²) in [6, 6.07) is 7.47. The van der Waals surface area contributed by atoms with Crippen LogP contribution in [-0.2, 0) is 11.2 Å². The van der Waals surface area contributed by atoms with Gasteiger partial charge in [0.2, 0.25) is 5.91 Å². The van der Waals surface area contributed by atoms with Gasteiger partial charge in [-0.05, 0) is 31.0 Å². The van der Waals surface area contributed by atoms with E-state index in [1.54, 1.807) is 0 Å². The first-order chi connectivity index (χ1) is 8.17. The van der Waals surface area contributed by atoms with E-state index in [4.69, 9.17) is 11.6 Å². The molecule has 4 heteroatoms. The van der Waals surface area contributed by atoms with Gasteiger partial charge in [0.15, 0.2) is 0 Å². The van der Waals surface area contributed by atoms with Crippen molar-refractivity contribution in [2.45, 2.75) is 19.8 Å². The minimum atomic E-state index is 0.163. The average molecular weight is 319 g/mol. The molecule has 2 nitrogen and oxygen atoms in total. The summed E-state index contributed by atoms with van der Waals surface area (Å²) < 4.78 is 0. The van der Waals surface area contributed by atoms with Gasteiger partial charge in [-0.1, -0.05) is 39.7 Å². The molecular weight excluding hydrogens is 302 g/mol. The van der Waals surface area contributed by atoms with Crippen LogP contribution in [-0.4, -0.2) is 29.2 Å². The summed E-state index contributed by atoms with van der Waals surface area (Å²) in [5.74, 6) is 0.163. The zero-order valence-electron chi connectivity index (χ0n) is 9.96.